The number of amides is 2. The molecule has 1 aromatic rings. The third-order valence-electron chi connectivity index (χ3n) is 6.64. The fourth-order valence-electron chi connectivity index (χ4n) is 4.64. The Morgan fingerprint density at radius 2 is 1.53 bits per heavy atom. The zero-order chi connectivity index (χ0) is 25.1. The summed E-state index contributed by atoms with van der Waals surface area (Å²) >= 11 is 0. The number of alkyl halides is 6. The van der Waals surface area contributed by atoms with Crippen molar-refractivity contribution in [2.45, 2.75) is 57.4 Å². The van der Waals surface area contributed by atoms with Crippen molar-refractivity contribution in [3.05, 3.63) is 34.9 Å². The summed E-state index contributed by atoms with van der Waals surface area (Å²) in [5.41, 5.74) is -3.72. The van der Waals surface area contributed by atoms with Crippen molar-refractivity contribution in [3.8, 4) is 0 Å². The highest BCUT2D eigenvalue weighted by atomic mass is 19.4. The largest absolute Gasteiger partial charge is 0.416 e. The lowest BCUT2D eigenvalue weighted by Gasteiger charge is -2.33. The molecule has 5 nitrogen and oxygen atoms in total. The van der Waals surface area contributed by atoms with E-state index in [0.29, 0.717) is 50.7 Å². The standard InChI is InChI=1S/C23H29F6N3O2/c1-2-19-4-3-7-32(19)20(33)14-31-8-5-15(6-9-31)13-30-21(34)16-10-17(22(24,25)26)12-18(11-16)23(27,28)29/h10-12,15,19H,2-9,13-14H2,1H3,(H,30,34). The highest BCUT2D eigenvalue weighted by Gasteiger charge is 2.37. The van der Waals surface area contributed by atoms with E-state index >= 15 is 0 Å². The Morgan fingerprint density at radius 1 is 0.941 bits per heavy atom. The van der Waals surface area contributed by atoms with Crippen LogP contribution in [0.5, 0.6) is 0 Å². The molecule has 0 bridgehead atoms. The average molecular weight is 493 g/mol. The van der Waals surface area contributed by atoms with E-state index in [4.69, 9.17) is 0 Å². The maximum atomic E-state index is 13.0. The molecule has 1 atom stereocenters. The van der Waals surface area contributed by atoms with Crippen molar-refractivity contribution in [2.24, 2.45) is 5.92 Å². The van der Waals surface area contributed by atoms with Gasteiger partial charge in [0.1, 0.15) is 0 Å². The zero-order valence-corrected chi connectivity index (χ0v) is 18.9. The van der Waals surface area contributed by atoms with Gasteiger partial charge in [-0.1, -0.05) is 6.92 Å². The number of hydrogen-bond donors (Lipinski definition) is 1. The lowest BCUT2D eigenvalue weighted by atomic mass is 9.96. The lowest BCUT2D eigenvalue weighted by molar-refractivity contribution is -0.143. The maximum Gasteiger partial charge on any atom is 0.416 e. The Bertz CT molecular complexity index is 846. The second-order valence-electron chi connectivity index (χ2n) is 9.02. The molecule has 0 aromatic heterocycles. The van der Waals surface area contributed by atoms with Crippen molar-refractivity contribution in [3.63, 3.8) is 0 Å². The Labute approximate surface area is 194 Å². The third kappa shape index (κ3) is 6.64. The van der Waals surface area contributed by atoms with Crippen molar-refractivity contribution in [1.29, 1.82) is 0 Å². The van der Waals surface area contributed by atoms with Gasteiger partial charge in [-0.2, -0.15) is 26.3 Å². The molecule has 1 aromatic carbocycles. The smallest absolute Gasteiger partial charge is 0.352 e. The van der Waals surface area contributed by atoms with Crippen LogP contribution in [0.1, 0.15) is 60.5 Å². The summed E-state index contributed by atoms with van der Waals surface area (Å²) in [7, 11) is 0. The van der Waals surface area contributed by atoms with Crippen molar-refractivity contribution < 1.29 is 35.9 Å². The molecule has 2 amide bonds. The lowest BCUT2D eigenvalue weighted by Crippen LogP contribution is -2.46. The summed E-state index contributed by atoms with van der Waals surface area (Å²) in [5, 5.41) is 2.47. The molecule has 0 radical (unpaired) electrons. The number of carbonyl (C=O) groups excluding carboxylic acids is 2. The summed E-state index contributed by atoms with van der Waals surface area (Å²) in [5.74, 6) is -0.840. The number of halogens is 6. The van der Waals surface area contributed by atoms with Gasteiger partial charge < -0.3 is 10.2 Å². The molecule has 2 aliphatic heterocycles. The Hall–Kier alpha value is -2.30. The Morgan fingerprint density at radius 3 is 2.06 bits per heavy atom. The summed E-state index contributed by atoms with van der Waals surface area (Å²) in [6.07, 6.45) is -5.70. The van der Waals surface area contributed by atoms with Gasteiger partial charge in [-0.25, -0.2) is 0 Å². The molecule has 0 spiro atoms. The van der Waals surface area contributed by atoms with Crippen molar-refractivity contribution in [1.82, 2.24) is 15.1 Å². The van der Waals surface area contributed by atoms with Gasteiger partial charge in [0.2, 0.25) is 5.91 Å². The van der Waals surface area contributed by atoms with Crippen LogP contribution in [0.25, 0.3) is 0 Å². The predicted octanol–water partition coefficient (Wildman–Crippen LogP) is 4.57. The quantitative estimate of drug-likeness (QED) is 0.591. The minimum absolute atomic E-state index is 0.00133. The summed E-state index contributed by atoms with van der Waals surface area (Å²) < 4.78 is 78.1. The van der Waals surface area contributed by atoms with Crippen LogP contribution < -0.4 is 5.32 Å². The van der Waals surface area contributed by atoms with Gasteiger partial charge in [0.05, 0.1) is 17.7 Å². The summed E-state index contributed by atoms with van der Waals surface area (Å²) in [4.78, 5) is 28.9. The molecular weight excluding hydrogens is 464 g/mol. The van der Waals surface area contributed by atoms with Gasteiger partial charge in [-0.15, -0.1) is 0 Å². The molecule has 2 heterocycles. The average Bonchev–Trinajstić information content (AvgIpc) is 3.26. The van der Waals surface area contributed by atoms with Crippen LogP contribution >= 0.6 is 0 Å². The fourth-order valence-corrected chi connectivity index (χ4v) is 4.64. The summed E-state index contributed by atoms with van der Waals surface area (Å²) in [6.45, 7) is 4.60. The summed E-state index contributed by atoms with van der Waals surface area (Å²) in [6, 6.07) is 1.16. The number of nitrogens with zero attached hydrogens (tertiary/aromatic N) is 2. The van der Waals surface area contributed by atoms with Gasteiger partial charge >= 0.3 is 12.4 Å². The van der Waals surface area contributed by atoms with Crippen LogP contribution in [-0.2, 0) is 17.1 Å². The highest BCUT2D eigenvalue weighted by Crippen LogP contribution is 2.36. The van der Waals surface area contributed by atoms with E-state index in [1.807, 2.05) is 9.80 Å². The van der Waals surface area contributed by atoms with E-state index in [9.17, 15) is 35.9 Å². The van der Waals surface area contributed by atoms with Gasteiger partial charge in [0.25, 0.3) is 5.91 Å². The molecule has 1 N–H and O–H groups in total. The number of piperidine rings is 1. The second kappa shape index (κ2) is 10.5. The first-order chi connectivity index (χ1) is 15.9. The van der Waals surface area contributed by atoms with E-state index in [-0.39, 0.29) is 24.4 Å². The number of hydrogen-bond acceptors (Lipinski definition) is 3. The van der Waals surface area contributed by atoms with Gasteiger partial charge in [-0.3, -0.25) is 14.5 Å². The Kier molecular flexibility index (Phi) is 8.15. The van der Waals surface area contributed by atoms with Gasteiger partial charge in [-0.05, 0) is 69.3 Å². The van der Waals surface area contributed by atoms with Crippen molar-refractivity contribution in [2.75, 3.05) is 32.7 Å². The Balaban J connectivity index is 1.52. The third-order valence-corrected chi connectivity index (χ3v) is 6.64. The maximum absolute atomic E-state index is 13.0. The van der Waals surface area contributed by atoms with E-state index in [1.165, 1.54) is 0 Å². The van der Waals surface area contributed by atoms with E-state index in [1.54, 1.807) is 0 Å². The molecule has 190 valence electrons. The molecule has 11 heteroatoms. The van der Waals surface area contributed by atoms with Crippen LogP contribution in [-0.4, -0.2) is 60.4 Å². The van der Waals surface area contributed by atoms with Gasteiger partial charge in [0.15, 0.2) is 0 Å². The fraction of sp³-hybridized carbons (Fsp3) is 0.652. The number of rotatable bonds is 6. The molecule has 1 unspecified atom stereocenters. The molecule has 34 heavy (non-hydrogen) atoms. The SMILES string of the molecule is CCC1CCCN1C(=O)CN1CCC(CNC(=O)c2cc(C(F)(F)F)cc(C(F)(F)F)c2)CC1. The van der Waals surface area contributed by atoms with Crippen LogP contribution in [0.4, 0.5) is 26.3 Å². The first kappa shape index (κ1) is 26.3. The van der Waals surface area contributed by atoms with Crippen molar-refractivity contribution >= 4 is 11.8 Å². The minimum atomic E-state index is -5.01. The van der Waals surface area contributed by atoms with Crippen LogP contribution in [0.2, 0.25) is 0 Å². The molecule has 0 aliphatic carbocycles. The normalized spacial score (nSPS) is 20.6. The molecular formula is C23H29F6N3O2. The van der Waals surface area contributed by atoms with E-state index in [0.717, 1.165) is 25.8 Å². The predicted molar refractivity (Wildman–Crippen MR) is 113 cm³/mol. The molecule has 2 fully saturated rings. The highest BCUT2D eigenvalue weighted by molar-refractivity contribution is 5.94. The van der Waals surface area contributed by atoms with Crippen LogP contribution in [0.3, 0.4) is 0 Å². The number of carbonyl (C=O) groups is 2. The molecule has 3 rings (SSSR count). The molecule has 2 aliphatic rings. The minimum Gasteiger partial charge on any atom is -0.352 e. The zero-order valence-electron chi connectivity index (χ0n) is 18.9. The van der Waals surface area contributed by atoms with E-state index in [2.05, 4.69) is 12.2 Å². The molecule has 0 saturated carbocycles. The van der Waals surface area contributed by atoms with Crippen LogP contribution in [0, 0.1) is 5.92 Å². The number of benzene rings is 1. The first-order valence-electron chi connectivity index (χ1n) is 11.5. The second-order valence-corrected chi connectivity index (χ2v) is 9.02. The van der Waals surface area contributed by atoms with Crippen LogP contribution in [0.15, 0.2) is 18.2 Å². The monoisotopic (exact) mass is 493 g/mol. The van der Waals surface area contributed by atoms with E-state index < -0.39 is 35.0 Å². The first-order valence-corrected chi connectivity index (χ1v) is 11.5. The molecule has 2 saturated heterocycles. The topological polar surface area (TPSA) is 52.7 Å². The number of nitrogens with one attached hydrogen (secondary N) is 1. The number of likely N-dealkylation sites (tertiary alicyclic amines) is 2. The van der Waals surface area contributed by atoms with Gasteiger partial charge in [0, 0.05) is 24.7 Å².